The maximum absolute atomic E-state index is 6.10. The monoisotopic (exact) mass is 231 g/mol. The molecule has 86 valence electrons. The van der Waals surface area contributed by atoms with Crippen molar-refractivity contribution < 1.29 is 0 Å². The first-order valence-corrected chi connectivity index (χ1v) is 6.23. The zero-order valence-corrected chi connectivity index (χ0v) is 9.98. The summed E-state index contributed by atoms with van der Waals surface area (Å²) < 4.78 is 0. The molecule has 1 aromatic carbocycles. The van der Waals surface area contributed by atoms with E-state index in [0.717, 1.165) is 12.1 Å². The van der Waals surface area contributed by atoms with Crippen molar-refractivity contribution in [3.8, 4) is 0 Å². The third kappa shape index (κ3) is 1.16. The average molecular weight is 231 g/mol. The van der Waals surface area contributed by atoms with Gasteiger partial charge in [0.05, 0.1) is 0 Å². The minimum Gasteiger partial charge on any atom is -0.398 e. The Kier molecular flexibility index (Phi) is 1.81. The second-order valence-corrected chi connectivity index (χ2v) is 4.87. The molecule has 2 bridgehead atoms. The summed E-state index contributed by atoms with van der Waals surface area (Å²) in [5.74, 6) is 0. The van der Waals surface area contributed by atoms with E-state index in [1.807, 2.05) is 6.08 Å². The molecular weight excluding hydrogens is 218 g/mol. The van der Waals surface area contributed by atoms with Crippen molar-refractivity contribution in [2.24, 2.45) is 5.73 Å². The normalized spacial score (nSPS) is 19.7. The third-order valence-corrected chi connectivity index (χ3v) is 3.89. The topological polar surface area (TPSA) is 26.0 Å². The van der Waals surface area contributed by atoms with Gasteiger partial charge in [-0.05, 0) is 39.5 Å². The Balaban J connectivity index is 2.07. The zero-order chi connectivity index (χ0) is 12.1. The second kappa shape index (κ2) is 3.36. The molecule has 1 nitrogen and oxygen atoms in total. The van der Waals surface area contributed by atoms with E-state index in [9.17, 15) is 0 Å². The molecule has 0 aromatic heterocycles. The van der Waals surface area contributed by atoms with Gasteiger partial charge in [-0.3, -0.25) is 0 Å². The van der Waals surface area contributed by atoms with E-state index in [4.69, 9.17) is 5.73 Å². The SMILES string of the molecule is NC1=C2C=CC=C3C(=C(C=C1)c1ccccc13)C2. The first-order valence-electron chi connectivity index (χ1n) is 6.23. The van der Waals surface area contributed by atoms with Gasteiger partial charge in [-0.25, -0.2) is 0 Å². The van der Waals surface area contributed by atoms with Crippen molar-refractivity contribution in [2.75, 3.05) is 0 Å². The fourth-order valence-electron chi connectivity index (χ4n) is 2.98. The van der Waals surface area contributed by atoms with Gasteiger partial charge in [0.2, 0.25) is 0 Å². The van der Waals surface area contributed by atoms with Gasteiger partial charge in [0.25, 0.3) is 0 Å². The standard InChI is InChI=1S/C17H13N/c18-17-9-8-15-13-6-2-1-5-12(13)14-7-3-4-11(17)10-16(14)15/h1-9H,10,18H2. The second-order valence-electron chi connectivity index (χ2n) is 4.87. The van der Waals surface area contributed by atoms with Crippen LogP contribution in [-0.4, -0.2) is 0 Å². The highest BCUT2D eigenvalue weighted by Gasteiger charge is 2.26. The molecule has 0 amide bonds. The zero-order valence-electron chi connectivity index (χ0n) is 9.98. The van der Waals surface area contributed by atoms with Crippen LogP contribution in [0.3, 0.4) is 0 Å². The van der Waals surface area contributed by atoms with Crippen molar-refractivity contribution in [1.82, 2.24) is 0 Å². The molecule has 0 radical (unpaired) electrons. The van der Waals surface area contributed by atoms with Gasteiger partial charge in [-0.15, -0.1) is 0 Å². The molecule has 4 rings (SSSR count). The number of hydrogen-bond donors (Lipinski definition) is 1. The van der Waals surface area contributed by atoms with Crippen molar-refractivity contribution in [3.63, 3.8) is 0 Å². The molecule has 0 heterocycles. The molecule has 3 aliphatic carbocycles. The largest absolute Gasteiger partial charge is 0.398 e. The number of nitrogens with two attached hydrogens (primary N) is 1. The minimum atomic E-state index is 0.882. The number of fused-ring (bicyclic) bond motifs is 4. The number of benzene rings is 1. The van der Waals surface area contributed by atoms with Crippen LogP contribution in [0.25, 0.3) is 11.1 Å². The van der Waals surface area contributed by atoms with Crippen molar-refractivity contribution in [1.29, 1.82) is 0 Å². The molecule has 1 aromatic rings. The van der Waals surface area contributed by atoms with Gasteiger partial charge in [-0.2, -0.15) is 0 Å². The minimum absolute atomic E-state index is 0.882. The van der Waals surface area contributed by atoms with Gasteiger partial charge >= 0.3 is 0 Å². The Labute approximate surface area is 106 Å². The van der Waals surface area contributed by atoms with Crippen LogP contribution in [-0.2, 0) is 0 Å². The average Bonchev–Trinajstić information content (AvgIpc) is 2.58. The van der Waals surface area contributed by atoms with Gasteiger partial charge in [0, 0.05) is 12.1 Å². The summed E-state index contributed by atoms with van der Waals surface area (Å²) in [6.07, 6.45) is 11.6. The lowest BCUT2D eigenvalue weighted by Crippen LogP contribution is -1.97. The lowest BCUT2D eigenvalue weighted by molar-refractivity contribution is 1.19. The lowest BCUT2D eigenvalue weighted by Gasteiger charge is -2.06. The molecule has 0 spiro atoms. The molecule has 0 saturated carbocycles. The van der Waals surface area contributed by atoms with Gasteiger partial charge in [-0.1, -0.05) is 48.6 Å². The molecule has 0 unspecified atom stereocenters. The maximum Gasteiger partial charge on any atom is 0.0350 e. The highest BCUT2D eigenvalue weighted by molar-refractivity contribution is 6.04. The molecule has 0 saturated heterocycles. The van der Waals surface area contributed by atoms with Gasteiger partial charge in [0.15, 0.2) is 0 Å². The van der Waals surface area contributed by atoms with Crippen LogP contribution in [0, 0.1) is 0 Å². The maximum atomic E-state index is 6.10. The Morgan fingerprint density at radius 1 is 0.944 bits per heavy atom. The van der Waals surface area contributed by atoms with Gasteiger partial charge < -0.3 is 5.73 Å². The summed E-state index contributed by atoms with van der Waals surface area (Å²) in [7, 11) is 0. The highest BCUT2D eigenvalue weighted by Crippen LogP contribution is 2.46. The van der Waals surface area contributed by atoms with E-state index in [0.29, 0.717) is 0 Å². The smallest absolute Gasteiger partial charge is 0.0350 e. The van der Waals surface area contributed by atoms with E-state index in [1.54, 1.807) is 0 Å². The predicted octanol–water partition coefficient (Wildman–Crippen LogP) is 3.58. The molecule has 2 N–H and O–H groups in total. The fourth-order valence-corrected chi connectivity index (χ4v) is 2.98. The van der Waals surface area contributed by atoms with Crippen LogP contribution in [0.15, 0.2) is 71.5 Å². The highest BCUT2D eigenvalue weighted by atomic mass is 14.6. The molecule has 0 aliphatic heterocycles. The van der Waals surface area contributed by atoms with E-state index in [-0.39, 0.29) is 0 Å². The van der Waals surface area contributed by atoms with E-state index < -0.39 is 0 Å². The summed E-state index contributed by atoms with van der Waals surface area (Å²) in [5.41, 5.74) is 15.0. The molecule has 1 heteroatoms. The summed E-state index contributed by atoms with van der Waals surface area (Å²) in [4.78, 5) is 0. The Morgan fingerprint density at radius 2 is 1.78 bits per heavy atom. The quantitative estimate of drug-likeness (QED) is 0.725. The third-order valence-electron chi connectivity index (χ3n) is 3.89. The molecular formula is C17H13N. The van der Waals surface area contributed by atoms with Crippen LogP contribution in [0.4, 0.5) is 0 Å². The molecule has 18 heavy (non-hydrogen) atoms. The molecule has 0 fully saturated rings. The summed E-state index contributed by atoms with van der Waals surface area (Å²) in [6.45, 7) is 0. The predicted molar refractivity (Wildman–Crippen MR) is 75.4 cm³/mol. The van der Waals surface area contributed by atoms with Gasteiger partial charge in [0.1, 0.15) is 0 Å². The summed E-state index contributed by atoms with van der Waals surface area (Å²) >= 11 is 0. The van der Waals surface area contributed by atoms with E-state index >= 15 is 0 Å². The van der Waals surface area contributed by atoms with Crippen LogP contribution in [0.2, 0.25) is 0 Å². The molecule has 3 aliphatic rings. The Bertz CT molecular complexity index is 709. The first-order chi connectivity index (χ1) is 8.84. The number of allylic oxidation sites excluding steroid dienone is 9. The number of rotatable bonds is 0. The van der Waals surface area contributed by atoms with Crippen LogP contribution in [0.5, 0.6) is 0 Å². The Hall–Kier alpha value is -2.28. The summed E-state index contributed by atoms with van der Waals surface area (Å²) in [5, 5.41) is 0. The summed E-state index contributed by atoms with van der Waals surface area (Å²) in [6, 6.07) is 8.61. The van der Waals surface area contributed by atoms with Crippen LogP contribution >= 0.6 is 0 Å². The van der Waals surface area contributed by atoms with Crippen molar-refractivity contribution in [2.45, 2.75) is 6.42 Å². The van der Waals surface area contributed by atoms with Crippen LogP contribution in [0.1, 0.15) is 17.5 Å². The fraction of sp³-hybridized carbons (Fsp3) is 0.0588. The van der Waals surface area contributed by atoms with Crippen molar-refractivity contribution in [3.05, 3.63) is 82.6 Å². The van der Waals surface area contributed by atoms with E-state index in [1.165, 1.54) is 33.4 Å². The van der Waals surface area contributed by atoms with E-state index in [2.05, 4.69) is 48.6 Å². The Morgan fingerprint density at radius 3 is 2.67 bits per heavy atom. The molecule has 0 atom stereocenters. The van der Waals surface area contributed by atoms with Crippen LogP contribution < -0.4 is 5.73 Å². The lowest BCUT2D eigenvalue weighted by atomic mass is 9.99. The first kappa shape index (κ1) is 9.72. The number of hydrogen-bond acceptors (Lipinski definition) is 1. The van der Waals surface area contributed by atoms with Crippen molar-refractivity contribution >= 4 is 11.1 Å².